The van der Waals surface area contributed by atoms with E-state index >= 15 is 0 Å². The van der Waals surface area contributed by atoms with Gasteiger partial charge >= 0.3 is 5.97 Å². The van der Waals surface area contributed by atoms with Crippen LogP contribution < -0.4 is 0 Å². The van der Waals surface area contributed by atoms with E-state index in [1.165, 1.54) is 4.90 Å². The predicted molar refractivity (Wildman–Crippen MR) is 53.8 cm³/mol. The maximum Gasteiger partial charge on any atom is 0.325 e. The Morgan fingerprint density at radius 2 is 1.86 bits per heavy atom. The van der Waals surface area contributed by atoms with Crippen molar-refractivity contribution in [3.05, 3.63) is 0 Å². The Bertz CT molecular complexity index is 192. The maximum absolute atomic E-state index is 11.4. The van der Waals surface area contributed by atoms with Crippen molar-refractivity contribution in [1.82, 2.24) is 4.90 Å². The van der Waals surface area contributed by atoms with Crippen LogP contribution in [0, 0.1) is 0 Å². The third kappa shape index (κ3) is 4.84. The van der Waals surface area contributed by atoms with Crippen molar-refractivity contribution in [2.75, 3.05) is 19.7 Å². The summed E-state index contributed by atoms with van der Waals surface area (Å²) in [7, 11) is 0. The third-order valence-electron chi connectivity index (χ3n) is 1.77. The van der Waals surface area contributed by atoms with Gasteiger partial charge in [0, 0.05) is 13.0 Å². The zero-order valence-corrected chi connectivity index (χ0v) is 9.21. The predicted octanol–water partition coefficient (Wildman–Crippen LogP) is 1.20. The van der Waals surface area contributed by atoms with Crippen LogP contribution in [-0.2, 0) is 14.3 Å². The molecular formula is C10H19NO3. The molecule has 4 nitrogen and oxygen atoms in total. The van der Waals surface area contributed by atoms with Gasteiger partial charge in [0.2, 0.25) is 5.91 Å². The summed E-state index contributed by atoms with van der Waals surface area (Å²) < 4.78 is 4.78. The topological polar surface area (TPSA) is 46.6 Å². The standard InChI is InChI=1S/C10H19NO3/c1-4-7-11(9(12)5-2)8-10(13)14-6-3/h4-8H2,1-3H3. The van der Waals surface area contributed by atoms with Crippen molar-refractivity contribution in [3.63, 3.8) is 0 Å². The van der Waals surface area contributed by atoms with Crippen molar-refractivity contribution < 1.29 is 14.3 Å². The van der Waals surface area contributed by atoms with Crippen LogP contribution in [0.4, 0.5) is 0 Å². The minimum atomic E-state index is -0.331. The zero-order valence-electron chi connectivity index (χ0n) is 9.21. The highest BCUT2D eigenvalue weighted by molar-refractivity contribution is 5.81. The molecule has 0 aliphatic rings. The van der Waals surface area contributed by atoms with E-state index in [9.17, 15) is 9.59 Å². The van der Waals surface area contributed by atoms with E-state index in [0.29, 0.717) is 19.6 Å². The van der Waals surface area contributed by atoms with E-state index in [1.54, 1.807) is 13.8 Å². The fourth-order valence-electron chi connectivity index (χ4n) is 1.15. The van der Waals surface area contributed by atoms with Crippen molar-refractivity contribution >= 4 is 11.9 Å². The number of nitrogens with zero attached hydrogens (tertiary/aromatic N) is 1. The van der Waals surface area contributed by atoms with Crippen molar-refractivity contribution in [3.8, 4) is 0 Å². The van der Waals surface area contributed by atoms with E-state index in [-0.39, 0.29) is 18.4 Å². The second kappa shape index (κ2) is 7.35. The lowest BCUT2D eigenvalue weighted by molar-refractivity contribution is -0.148. The Morgan fingerprint density at radius 1 is 1.21 bits per heavy atom. The first-order chi connectivity index (χ1) is 6.65. The first-order valence-electron chi connectivity index (χ1n) is 5.09. The van der Waals surface area contributed by atoms with Gasteiger partial charge in [-0.05, 0) is 13.3 Å². The van der Waals surface area contributed by atoms with Gasteiger partial charge in [0.05, 0.1) is 6.61 Å². The summed E-state index contributed by atoms with van der Waals surface area (Å²) in [5.74, 6) is -0.331. The molecule has 0 aromatic rings. The summed E-state index contributed by atoms with van der Waals surface area (Å²) in [6.07, 6.45) is 1.28. The highest BCUT2D eigenvalue weighted by Gasteiger charge is 2.14. The van der Waals surface area contributed by atoms with Gasteiger partial charge in [-0.15, -0.1) is 0 Å². The second-order valence-corrected chi connectivity index (χ2v) is 2.97. The smallest absolute Gasteiger partial charge is 0.325 e. The largest absolute Gasteiger partial charge is 0.465 e. The summed E-state index contributed by atoms with van der Waals surface area (Å²) in [6, 6.07) is 0. The average Bonchev–Trinajstić information content (AvgIpc) is 2.16. The third-order valence-corrected chi connectivity index (χ3v) is 1.77. The minimum absolute atomic E-state index is 0.0000898. The summed E-state index contributed by atoms with van der Waals surface area (Å²) in [4.78, 5) is 24.0. The maximum atomic E-state index is 11.4. The molecule has 0 aliphatic heterocycles. The van der Waals surface area contributed by atoms with E-state index in [2.05, 4.69) is 0 Å². The molecule has 0 fully saturated rings. The van der Waals surface area contributed by atoms with Gasteiger partial charge in [-0.1, -0.05) is 13.8 Å². The van der Waals surface area contributed by atoms with E-state index in [0.717, 1.165) is 6.42 Å². The molecule has 0 aromatic carbocycles. The van der Waals surface area contributed by atoms with Gasteiger partial charge in [-0.25, -0.2) is 0 Å². The lowest BCUT2D eigenvalue weighted by atomic mass is 10.3. The van der Waals surface area contributed by atoms with Crippen molar-refractivity contribution in [2.45, 2.75) is 33.6 Å². The molecule has 0 aromatic heterocycles. The van der Waals surface area contributed by atoms with Gasteiger partial charge in [-0.3, -0.25) is 9.59 Å². The molecule has 0 radical (unpaired) electrons. The van der Waals surface area contributed by atoms with Gasteiger partial charge in [-0.2, -0.15) is 0 Å². The highest BCUT2D eigenvalue weighted by atomic mass is 16.5. The van der Waals surface area contributed by atoms with Crippen LogP contribution in [0.15, 0.2) is 0 Å². The molecule has 1 amide bonds. The van der Waals surface area contributed by atoms with Crippen LogP contribution in [0.5, 0.6) is 0 Å². The van der Waals surface area contributed by atoms with E-state index in [4.69, 9.17) is 4.74 Å². The number of hydrogen-bond acceptors (Lipinski definition) is 3. The molecule has 0 N–H and O–H groups in total. The lowest BCUT2D eigenvalue weighted by Crippen LogP contribution is -2.36. The number of rotatable bonds is 6. The number of carbonyl (C=O) groups excluding carboxylic acids is 2. The fraction of sp³-hybridized carbons (Fsp3) is 0.800. The minimum Gasteiger partial charge on any atom is -0.465 e. The first-order valence-corrected chi connectivity index (χ1v) is 5.09. The normalized spacial score (nSPS) is 9.64. The molecule has 0 saturated carbocycles. The monoisotopic (exact) mass is 201 g/mol. The van der Waals surface area contributed by atoms with Gasteiger partial charge in [0.25, 0.3) is 0 Å². The molecule has 0 aliphatic carbocycles. The summed E-state index contributed by atoms with van der Waals surface area (Å²) in [5.41, 5.74) is 0. The number of carbonyl (C=O) groups is 2. The first kappa shape index (κ1) is 12.9. The van der Waals surface area contributed by atoms with Crippen molar-refractivity contribution in [2.24, 2.45) is 0 Å². The lowest BCUT2D eigenvalue weighted by Gasteiger charge is -2.20. The molecule has 0 heterocycles. The molecule has 0 unspecified atom stereocenters. The number of hydrogen-bond donors (Lipinski definition) is 0. The molecular weight excluding hydrogens is 182 g/mol. The number of amides is 1. The molecule has 82 valence electrons. The molecule has 0 saturated heterocycles. The molecule has 14 heavy (non-hydrogen) atoms. The Labute approximate surface area is 85.2 Å². The van der Waals surface area contributed by atoms with Crippen LogP contribution in [0.3, 0.4) is 0 Å². The molecule has 0 atom stereocenters. The summed E-state index contributed by atoms with van der Waals surface area (Å²) in [6.45, 7) is 6.57. The molecule has 0 rings (SSSR count). The van der Waals surface area contributed by atoms with Crippen LogP contribution in [0.25, 0.3) is 0 Å². The zero-order chi connectivity index (χ0) is 11.0. The van der Waals surface area contributed by atoms with E-state index in [1.807, 2.05) is 6.92 Å². The highest BCUT2D eigenvalue weighted by Crippen LogP contribution is 1.97. The Hall–Kier alpha value is -1.06. The van der Waals surface area contributed by atoms with Crippen LogP contribution in [-0.4, -0.2) is 36.5 Å². The SMILES string of the molecule is CCCN(CC(=O)OCC)C(=O)CC. The molecule has 0 spiro atoms. The molecule has 0 bridgehead atoms. The van der Waals surface area contributed by atoms with E-state index < -0.39 is 0 Å². The quantitative estimate of drug-likeness (QED) is 0.607. The van der Waals surface area contributed by atoms with Gasteiger partial charge in [0.1, 0.15) is 6.54 Å². The fourth-order valence-corrected chi connectivity index (χ4v) is 1.15. The van der Waals surface area contributed by atoms with Crippen LogP contribution in [0.2, 0.25) is 0 Å². The number of ether oxygens (including phenoxy) is 1. The second-order valence-electron chi connectivity index (χ2n) is 2.97. The Morgan fingerprint density at radius 3 is 2.29 bits per heavy atom. The molecule has 4 heteroatoms. The average molecular weight is 201 g/mol. The van der Waals surface area contributed by atoms with Crippen LogP contribution >= 0.6 is 0 Å². The van der Waals surface area contributed by atoms with Crippen LogP contribution in [0.1, 0.15) is 33.6 Å². The van der Waals surface area contributed by atoms with Gasteiger partial charge in [0.15, 0.2) is 0 Å². The summed E-state index contributed by atoms with van der Waals surface area (Å²) >= 11 is 0. The van der Waals surface area contributed by atoms with Gasteiger partial charge < -0.3 is 9.64 Å². The number of esters is 1. The Balaban J connectivity index is 4.08. The summed E-state index contributed by atoms with van der Waals surface area (Å²) in [5, 5.41) is 0. The Kier molecular flexibility index (Phi) is 6.80. The van der Waals surface area contributed by atoms with Crippen molar-refractivity contribution in [1.29, 1.82) is 0 Å².